The van der Waals surface area contributed by atoms with Gasteiger partial charge in [0.2, 0.25) is 11.9 Å². The molecule has 172 valence electrons. The molecule has 0 aliphatic heterocycles. The second kappa shape index (κ2) is 8.75. The number of esters is 1. The Labute approximate surface area is 197 Å². The van der Waals surface area contributed by atoms with Gasteiger partial charge in [0.15, 0.2) is 24.0 Å². The summed E-state index contributed by atoms with van der Waals surface area (Å²) in [6, 6.07) is 16.4. The Balaban J connectivity index is 1.37. The number of rotatable bonds is 5. The van der Waals surface area contributed by atoms with E-state index in [1.807, 2.05) is 0 Å². The van der Waals surface area contributed by atoms with E-state index in [-0.39, 0.29) is 57.9 Å². The molecular weight excluding hydrogens is 453 g/mol. The molecule has 1 aromatic heterocycles. The Kier molecular flexibility index (Phi) is 5.46. The molecule has 4 aromatic rings. The predicted molar refractivity (Wildman–Crippen MR) is 123 cm³/mol. The number of nitrogens with zero attached hydrogens (tertiary/aromatic N) is 3. The van der Waals surface area contributed by atoms with Gasteiger partial charge in [-0.25, -0.2) is 9.18 Å². The lowest BCUT2D eigenvalue weighted by Crippen LogP contribution is -2.24. The summed E-state index contributed by atoms with van der Waals surface area (Å²) >= 11 is 0. The fourth-order valence-electron chi connectivity index (χ4n) is 3.74. The van der Waals surface area contributed by atoms with Gasteiger partial charge in [0.05, 0.1) is 5.56 Å². The molecule has 1 aliphatic carbocycles. The van der Waals surface area contributed by atoms with Gasteiger partial charge in [-0.1, -0.05) is 36.4 Å². The summed E-state index contributed by atoms with van der Waals surface area (Å²) in [6.07, 6.45) is 0. The summed E-state index contributed by atoms with van der Waals surface area (Å²) in [5.74, 6) is -1.99. The summed E-state index contributed by atoms with van der Waals surface area (Å²) in [7, 11) is 0. The third-order valence-electron chi connectivity index (χ3n) is 5.30. The van der Waals surface area contributed by atoms with Crippen LogP contribution < -0.4 is 11.1 Å². The molecule has 0 amide bonds. The summed E-state index contributed by atoms with van der Waals surface area (Å²) in [4.78, 5) is 51.0. The monoisotopic (exact) mass is 469 g/mol. The highest BCUT2D eigenvalue weighted by atomic mass is 19.1. The summed E-state index contributed by atoms with van der Waals surface area (Å²) in [5, 5.41) is 2.86. The molecule has 0 radical (unpaired) electrons. The first kappa shape index (κ1) is 21.8. The molecule has 1 heterocycles. The fraction of sp³-hybridized carbons (Fsp3) is 0.0400. The van der Waals surface area contributed by atoms with Crippen molar-refractivity contribution in [1.82, 2.24) is 15.0 Å². The van der Waals surface area contributed by atoms with E-state index in [1.54, 1.807) is 24.3 Å². The first-order chi connectivity index (χ1) is 16.9. The van der Waals surface area contributed by atoms with Crippen molar-refractivity contribution in [3.8, 4) is 0 Å². The molecule has 0 fully saturated rings. The van der Waals surface area contributed by atoms with Gasteiger partial charge in [-0.05, 0) is 30.3 Å². The zero-order valence-electron chi connectivity index (χ0n) is 18.0. The van der Waals surface area contributed by atoms with Crippen LogP contribution in [0.3, 0.4) is 0 Å². The lowest BCUT2D eigenvalue weighted by atomic mass is 9.82. The van der Waals surface area contributed by atoms with Crippen LogP contribution in [0.1, 0.15) is 48.0 Å². The highest BCUT2D eigenvalue weighted by molar-refractivity contribution is 6.30. The molecule has 5 rings (SSSR count). The number of hydrogen-bond donors (Lipinski definition) is 2. The normalized spacial score (nSPS) is 12.0. The number of anilines is 3. The lowest BCUT2D eigenvalue weighted by molar-refractivity contribution is 0.0459. The van der Waals surface area contributed by atoms with Crippen LogP contribution in [0, 0.1) is 5.82 Å². The number of aromatic nitrogens is 3. The zero-order chi connectivity index (χ0) is 24.5. The number of ether oxygens (including phenoxy) is 1. The number of ketones is 2. The number of fused-ring (bicyclic) bond motifs is 2. The van der Waals surface area contributed by atoms with E-state index in [2.05, 4.69) is 20.3 Å². The summed E-state index contributed by atoms with van der Waals surface area (Å²) < 4.78 is 18.5. The van der Waals surface area contributed by atoms with E-state index in [0.717, 1.165) is 0 Å². The van der Waals surface area contributed by atoms with Crippen LogP contribution >= 0.6 is 0 Å². The zero-order valence-corrected chi connectivity index (χ0v) is 18.0. The molecule has 10 heteroatoms. The Morgan fingerprint density at radius 3 is 2.29 bits per heavy atom. The Morgan fingerprint density at radius 1 is 0.857 bits per heavy atom. The predicted octanol–water partition coefficient (Wildman–Crippen LogP) is 3.47. The number of nitrogens with one attached hydrogen (secondary N) is 1. The second-order valence-electron chi connectivity index (χ2n) is 7.57. The molecule has 1 aliphatic rings. The first-order valence-electron chi connectivity index (χ1n) is 10.4. The smallest absolute Gasteiger partial charge is 0.339 e. The minimum absolute atomic E-state index is 0.00461. The van der Waals surface area contributed by atoms with E-state index in [1.165, 1.54) is 42.5 Å². The molecule has 0 unspecified atom stereocenters. The van der Waals surface area contributed by atoms with Gasteiger partial charge >= 0.3 is 5.97 Å². The van der Waals surface area contributed by atoms with Crippen LogP contribution in [0.5, 0.6) is 0 Å². The number of halogens is 1. The molecule has 0 bridgehead atoms. The van der Waals surface area contributed by atoms with Crippen molar-refractivity contribution in [3.63, 3.8) is 0 Å². The van der Waals surface area contributed by atoms with Gasteiger partial charge in [0.1, 0.15) is 5.82 Å². The topological polar surface area (TPSA) is 137 Å². The average Bonchev–Trinajstić information content (AvgIpc) is 2.86. The fourth-order valence-corrected chi connectivity index (χ4v) is 3.74. The van der Waals surface area contributed by atoms with Gasteiger partial charge in [0.25, 0.3) is 0 Å². The lowest BCUT2D eigenvalue weighted by Gasteiger charge is -2.19. The maximum Gasteiger partial charge on any atom is 0.339 e. The quantitative estimate of drug-likeness (QED) is 0.371. The highest BCUT2D eigenvalue weighted by Crippen LogP contribution is 2.30. The molecule has 3 aromatic carbocycles. The molecule has 0 atom stereocenters. The first-order valence-corrected chi connectivity index (χ1v) is 10.4. The number of carbonyl (C=O) groups is 3. The van der Waals surface area contributed by atoms with Crippen LogP contribution in [0.15, 0.2) is 66.7 Å². The molecular formula is C25H16FN5O4. The largest absolute Gasteiger partial charge is 0.454 e. The molecule has 9 nitrogen and oxygen atoms in total. The Hall–Kier alpha value is -4.99. The maximum atomic E-state index is 13.1. The highest BCUT2D eigenvalue weighted by Gasteiger charge is 2.33. The van der Waals surface area contributed by atoms with Crippen molar-refractivity contribution >= 4 is 35.1 Å². The number of hydrogen-bond acceptors (Lipinski definition) is 9. The van der Waals surface area contributed by atoms with Gasteiger partial charge in [0, 0.05) is 27.9 Å². The number of nitrogen functional groups attached to an aromatic ring is 1. The SMILES string of the molecule is Nc1nc(COC(=O)c2cccc3c2C(=O)c2ccccc2C3=O)nc(Nc2ccc(F)cc2)n1. The van der Waals surface area contributed by atoms with Crippen LogP contribution in [0.2, 0.25) is 0 Å². The Morgan fingerprint density at radius 2 is 1.54 bits per heavy atom. The summed E-state index contributed by atoms with van der Waals surface area (Å²) in [6.45, 7) is -0.369. The molecule has 0 spiro atoms. The minimum atomic E-state index is -0.825. The van der Waals surface area contributed by atoms with E-state index < -0.39 is 17.6 Å². The van der Waals surface area contributed by atoms with Crippen LogP contribution in [0.25, 0.3) is 0 Å². The standard InChI is InChI=1S/C25H16FN5O4/c26-13-8-10-14(11-9-13)28-25-30-19(29-24(27)31-25)12-35-23(34)18-7-3-6-17-20(18)22(33)16-5-2-1-4-15(16)21(17)32/h1-11H,12H2,(H3,27,28,29,30,31). The van der Waals surface area contributed by atoms with Crippen molar-refractivity contribution in [3.05, 3.63) is 106 Å². The van der Waals surface area contributed by atoms with Crippen molar-refractivity contribution in [2.45, 2.75) is 6.61 Å². The number of benzene rings is 3. The third kappa shape index (κ3) is 4.20. The van der Waals surface area contributed by atoms with Crippen molar-refractivity contribution in [2.75, 3.05) is 11.1 Å². The molecule has 3 N–H and O–H groups in total. The van der Waals surface area contributed by atoms with E-state index in [4.69, 9.17) is 10.5 Å². The maximum absolute atomic E-state index is 13.1. The molecule has 35 heavy (non-hydrogen) atoms. The summed E-state index contributed by atoms with van der Waals surface area (Å²) in [5.41, 5.74) is 6.86. The third-order valence-corrected chi connectivity index (χ3v) is 5.30. The van der Waals surface area contributed by atoms with Gasteiger partial charge in [-0.2, -0.15) is 15.0 Å². The molecule has 0 saturated carbocycles. The van der Waals surface area contributed by atoms with Crippen molar-refractivity contribution < 1.29 is 23.5 Å². The van der Waals surface area contributed by atoms with Crippen molar-refractivity contribution in [2.24, 2.45) is 0 Å². The number of nitrogens with two attached hydrogens (primary N) is 1. The van der Waals surface area contributed by atoms with E-state index >= 15 is 0 Å². The van der Waals surface area contributed by atoms with Gasteiger partial charge in [-0.3, -0.25) is 9.59 Å². The van der Waals surface area contributed by atoms with E-state index in [9.17, 15) is 18.8 Å². The Bertz CT molecular complexity index is 1500. The van der Waals surface area contributed by atoms with Crippen LogP contribution in [0.4, 0.5) is 22.0 Å². The second-order valence-corrected chi connectivity index (χ2v) is 7.57. The van der Waals surface area contributed by atoms with Gasteiger partial charge in [-0.15, -0.1) is 0 Å². The van der Waals surface area contributed by atoms with Crippen LogP contribution in [-0.2, 0) is 11.3 Å². The number of carbonyl (C=O) groups excluding carboxylic acids is 3. The van der Waals surface area contributed by atoms with Crippen LogP contribution in [-0.4, -0.2) is 32.5 Å². The van der Waals surface area contributed by atoms with Gasteiger partial charge < -0.3 is 15.8 Å². The van der Waals surface area contributed by atoms with E-state index in [0.29, 0.717) is 5.69 Å². The average molecular weight is 469 g/mol. The molecule has 0 saturated heterocycles. The van der Waals surface area contributed by atoms with Crippen molar-refractivity contribution in [1.29, 1.82) is 0 Å². The minimum Gasteiger partial charge on any atom is -0.454 e.